The normalized spacial score (nSPS) is 21.6. The number of amides is 1. The number of anilines is 1. The monoisotopic (exact) mass is 400 g/mol. The average molecular weight is 400 g/mol. The Hall–Kier alpha value is -2.61. The van der Waals surface area contributed by atoms with Crippen molar-refractivity contribution < 1.29 is 14.3 Å². The number of benzene rings is 1. The first-order valence-corrected chi connectivity index (χ1v) is 10.0. The zero-order chi connectivity index (χ0) is 20.8. The third kappa shape index (κ3) is 3.94. The second-order valence-electron chi connectivity index (χ2n) is 9.05. The van der Waals surface area contributed by atoms with E-state index < -0.39 is 5.60 Å². The predicted octanol–water partition coefficient (Wildman–Crippen LogP) is 2.71. The van der Waals surface area contributed by atoms with Gasteiger partial charge in [0.2, 0.25) is 0 Å². The van der Waals surface area contributed by atoms with Crippen LogP contribution in [0.2, 0.25) is 0 Å². The van der Waals surface area contributed by atoms with Crippen LogP contribution in [-0.2, 0) is 9.47 Å². The van der Waals surface area contributed by atoms with Gasteiger partial charge in [-0.05, 0) is 58.2 Å². The number of fused-ring (bicyclic) bond motifs is 1. The van der Waals surface area contributed by atoms with E-state index in [0.717, 1.165) is 19.3 Å². The molecule has 1 aromatic carbocycles. The van der Waals surface area contributed by atoms with Crippen LogP contribution in [0.4, 0.5) is 10.5 Å². The van der Waals surface area contributed by atoms with Crippen LogP contribution in [0.3, 0.4) is 0 Å². The molecule has 2 N–H and O–H groups in total. The van der Waals surface area contributed by atoms with Gasteiger partial charge in [0.1, 0.15) is 5.60 Å². The summed E-state index contributed by atoms with van der Waals surface area (Å²) in [5.74, 6) is 0. The molecule has 1 atom stereocenters. The molecule has 8 nitrogen and oxygen atoms in total. The summed E-state index contributed by atoms with van der Waals surface area (Å²) in [6.07, 6.45) is 3.50. The minimum Gasteiger partial charge on any atom is -0.444 e. The van der Waals surface area contributed by atoms with E-state index in [1.54, 1.807) is 34.0 Å². The molecule has 0 aliphatic carbocycles. The molecule has 2 aromatic rings. The van der Waals surface area contributed by atoms with Gasteiger partial charge in [0, 0.05) is 18.8 Å². The van der Waals surface area contributed by atoms with E-state index in [1.807, 2.05) is 20.8 Å². The van der Waals surface area contributed by atoms with Crippen molar-refractivity contribution in [2.24, 2.45) is 0 Å². The number of piperidine rings is 1. The second-order valence-corrected chi connectivity index (χ2v) is 9.05. The van der Waals surface area contributed by atoms with E-state index in [2.05, 4.69) is 4.98 Å². The van der Waals surface area contributed by atoms with Crippen LogP contribution in [0.25, 0.3) is 10.9 Å². The minimum absolute atomic E-state index is 0.0751. The molecular weight excluding hydrogens is 372 g/mol. The standard InChI is InChI=1S/C21H28N4O4/c1-20(2,3)29-19(27)24-8-6-21(7-9-24)11-15(12-28-21)25-13-23-17-5-4-14(22)10-16(17)18(25)26/h4-5,10,13,15H,6-9,11-12,22H2,1-3H3/t15-/m0/s1. The van der Waals surface area contributed by atoms with Crippen molar-refractivity contribution in [1.29, 1.82) is 0 Å². The number of nitrogen functional groups attached to an aromatic ring is 1. The molecule has 29 heavy (non-hydrogen) atoms. The maximum atomic E-state index is 13.0. The Kier molecular flexibility index (Phi) is 4.77. The van der Waals surface area contributed by atoms with Gasteiger partial charge >= 0.3 is 6.09 Å². The topological polar surface area (TPSA) is 99.7 Å². The van der Waals surface area contributed by atoms with E-state index >= 15 is 0 Å². The third-order valence-corrected chi connectivity index (χ3v) is 5.72. The van der Waals surface area contributed by atoms with Crippen molar-refractivity contribution in [2.45, 2.75) is 57.3 Å². The summed E-state index contributed by atoms with van der Waals surface area (Å²) < 4.78 is 13.3. The summed E-state index contributed by atoms with van der Waals surface area (Å²) in [5.41, 5.74) is 6.11. The van der Waals surface area contributed by atoms with E-state index in [-0.39, 0.29) is 23.3 Å². The van der Waals surface area contributed by atoms with Crippen LogP contribution < -0.4 is 11.3 Å². The lowest BCUT2D eigenvalue weighted by molar-refractivity contribution is -0.0486. The smallest absolute Gasteiger partial charge is 0.410 e. The number of carbonyl (C=O) groups excluding carboxylic acids is 1. The van der Waals surface area contributed by atoms with Crippen LogP contribution in [0, 0.1) is 0 Å². The number of hydrogen-bond acceptors (Lipinski definition) is 6. The fourth-order valence-electron chi connectivity index (χ4n) is 4.18. The summed E-state index contributed by atoms with van der Waals surface area (Å²) in [5, 5.41) is 0.521. The number of rotatable bonds is 1. The third-order valence-electron chi connectivity index (χ3n) is 5.72. The zero-order valence-electron chi connectivity index (χ0n) is 17.2. The fraction of sp³-hybridized carbons (Fsp3) is 0.571. The number of carbonyl (C=O) groups is 1. The number of likely N-dealkylation sites (tertiary alicyclic amines) is 1. The Morgan fingerprint density at radius 3 is 2.72 bits per heavy atom. The molecule has 156 valence electrons. The molecule has 0 saturated carbocycles. The van der Waals surface area contributed by atoms with Crippen LogP contribution in [-0.4, -0.2) is 51.4 Å². The van der Waals surface area contributed by atoms with Gasteiger partial charge in [0.15, 0.2) is 0 Å². The molecule has 0 bridgehead atoms. The number of nitrogens with zero attached hydrogens (tertiary/aromatic N) is 3. The SMILES string of the molecule is CC(C)(C)OC(=O)N1CCC2(CC1)C[C@H](n1cnc3ccc(N)cc3c1=O)CO2. The van der Waals surface area contributed by atoms with Crippen molar-refractivity contribution in [3.8, 4) is 0 Å². The van der Waals surface area contributed by atoms with Crippen LogP contribution in [0.15, 0.2) is 29.3 Å². The molecule has 2 fully saturated rings. The minimum atomic E-state index is -0.505. The first-order valence-electron chi connectivity index (χ1n) is 10.0. The Labute approximate surface area is 169 Å². The van der Waals surface area contributed by atoms with Gasteiger partial charge < -0.3 is 20.1 Å². The van der Waals surface area contributed by atoms with Gasteiger partial charge in [-0.1, -0.05) is 0 Å². The zero-order valence-corrected chi connectivity index (χ0v) is 17.2. The highest BCUT2D eigenvalue weighted by Crippen LogP contribution is 2.40. The quantitative estimate of drug-likeness (QED) is 0.739. The van der Waals surface area contributed by atoms with Gasteiger partial charge in [-0.2, -0.15) is 0 Å². The number of ether oxygens (including phenoxy) is 2. The highest BCUT2D eigenvalue weighted by atomic mass is 16.6. The molecule has 2 aliphatic rings. The Morgan fingerprint density at radius 1 is 1.31 bits per heavy atom. The molecular formula is C21H28N4O4. The highest BCUT2D eigenvalue weighted by Gasteiger charge is 2.44. The first kappa shape index (κ1) is 19.7. The van der Waals surface area contributed by atoms with Crippen LogP contribution >= 0.6 is 0 Å². The maximum absolute atomic E-state index is 13.0. The van der Waals surface area contributed by atoms with Crippen molar-refractivity contribution in [2.75, 3.05) is 25.4 Å². The summed E-state index contributed by atoms with van der Waals surface area (Å²) >= 11 is 0. The Bertz CT molecular complexity index is 986. The molecule has 1 amide bonds. The summed E-state index contributed by atoms with van der Waals surface area (Å²) in [7, 11) is 0. The fourth-order valence-corrected chi connectivity index (χ4v) is 4.18. The van der Waals surface area contributed by atoms with Crippen LogP contribution in [0.5, 0.6) is 0 Å². The average Bonchev–Trinajstić information content (AvgIpc) is 3.05. The van der Waals surface area contributed by atoms with Gasteiger partial charge in [-0.25, -0.2) is 9.78 Å². The van der Waals surface area contributed by atoms with E-state index in [9.17, 15) is 9.59 Å². The van der Waals surface area contributed by atoms with E-state index in [0.29, 0.717) is 36.3 Å². The highest BCUT2D eigenvalue weighted by molar-refractivity contribution is 5.80. The number of aromatic nitrogens is 2. The Morgan fingerprint density at radius 2 is 2.03 bits per heavy atom. The molecule has 3 heterocycles. The van der Waals surface area contributed by atoms with Crippen molar-refractivity contribution in [3.05, 3.63) is 34.9 Å². The first-order chi connectivity index (χ1) is 13.7. The van der Waals surface area contributed by atoms with Crippen molar-refractivity contribution >= 4 is 22.7 Å². The molecule has 8 heteroatoms. The molecule has 4 rings (SSSR count). The molecule has 1 aromatic heterocycles. The van der Waals surface area contributed by atoms with E-state index in [4.69, 9.17) is 15.2 Å². The number of nitrogens with two attached hydrogens (primary N) is 1. The van der Waals surface area contributed by atoms with Crippen molar-refractivity contribution in [1.82, 2.24) is 14.5 Å². The lowest BCUT2D eigenvalue weighted by Crippen LogP contribution is -2.48. The second kappa shape index (κ2) is 7.02. The largest absolute Gasteiger partial charge is 0.444 e. The summed E-state index contributed by atoms with van der Waals surface area (Å²) in [4.78, 5) is 31.4. The van der Waals surface area contributed by atoms with Gasteiger partial charge in [0.25, 0.3) is 5.56 Å². The molecule has 1 spiro atoms. The molecule has 2 aliphatic heterocycles. The van der Waals surface area contributed by atoms with Gasteiger partial charge in [0.05, 0.1) is 35.5 Å². The summed E-state index contributed by atoms with van der Waals surface area (Å²) in [6.45, 7) is 7.23. The predicted molar refractivity (Wildman–Crippen MR) is 110 cm³/mol. The lowest BCUT2D eigenvalue weighted by Gasteiger charge is -2.39. The van der Waals surface area contributed by atoms with Gasteiger partial charge in [-0.3, -0.25) is 9.36 Å². The summed E-state index contributed by atoms with van der Waals surface area (Å²) in [6, 6.07) is 5.10. The molecule has 0 unspecified atom stereocenters. The van der Waals surface area contributed by atoms with E-state index in [1.165, 1.54) is 0 Å². The maximum Gasteiger partial charge on any atom is 0.410 e. The van der Waals surface area contributed by atoms with Crippen LogP contribution in [0.1, 0.15) is 46.1 Å². The Balaban J connectivity index is 1.46. The molecule has 0 radical (unpaired) electrons. The lowest BCUT2D eigenvalue weighted by atomic mass is 9.87. The number of hydrogen-bond donors (Lipinski definition) is 1. The van der Waals surface area contributed by atoms with Gasteiger partial charge in [-0.15, -0.1) is 0 Å². The van der Waals surface area contributed by atoms with Crippen molar-refractivity contribution in [3.63, 3.8) is 0 Å². The molecule has 2 saturated heterocycles.